The summed E-state index contributed by atoms with van der Waals surface area (Å²) in [7, 11) is -15.8. The van der Waals surface area contributed by atoms with Gasteiger partial charge in [-0.25, -0.2) is 18.5 Å². The fourth-order valence-electron chi connectivity index (χ4n) is 2.21. The molecule has 0 amide bonds. The third-order valence-electron chi connectivity index (χ3n) is 3.53. The number of anilines is 1. The van der Waals surface area contributed by atoms with E-state index in [1.807, 2.05) is 0 Å². The number of halogens is 2. The lowest BCUT2D eigenvalue weighted by Crippen LogP contribution is -2.41. The summed E-state index contributed by atoms with van der Waals surface area (Å²) in [6.45, 7) is -1.32. The van der Waals surface area contributed by atoms with E-state index in [0.717, 1.165) is 12.3 Å². The van der Waals surface area contributed by atoms with Crippen LogP contribution in [0, 0.1) is 0 Å². The summed E-state index contributed by atoms with van der Waals surface area (Å²) < 4.78 is 83.6. The smallest absolute Gasteiger partial charge is 0.384 e. The average molecular weight is 517 g/mol. The van der Waals surface area contributed by atoms with Crippen LogP contribution in [0.4, 0.5) is 14.6 Å². The van der Waals surface area contributed by atoms with Crippen molar-refractivity contribution in [2.75, 3.05) is 19.5 Å². The van der Waals surface area contributed by atoms with Crippen molar-refractivity contribution >= 4 is 29.3 Å². The minimum absolute atomic E-state index is 0.280. The Balaban J connectivity index is 2.11. The molecule has 1 aromatic heterocycles. The van der Waals surface area contributed by atoms with Gasteiger partial charge in [0.05, 0.1) is 6.61 Å². The lowest BCUT2D eigenvalue weighted by Gasteiger charge is -2.20. The number of hydrogen-bond donors (Lipinski definition) is 5. The number of nitrogens with two attached hydrogens (primary N) is 1. The minimum Gasteiger partial charge on any atom is -0.384 e. The van der Waals surface area contributed by atoms with Gasteiger partial charge < -0.3 is 30.3 Å². The van der Waals surface area contributed by atoms with Crippen LogP contribution in [0.3, 0.4) is 0 Å². The zero-order valence-electron chi connectivity index (χ0n) is 15.1. The molecule has 1 aliphatic heterocycles. The first-order valence-corrected chi connectivity index (χ1v) is 12.2. The van der Waals surface area contributed by atoms with Crippen LogP contribution in [0.5, 0.6) is 0 Å². The number of aliphatic hydroxyl groups is 1. The summed E-state index contributed by atoms with van der Waals surface area (Å²) in [6.07, 6.45) is -6.33. The number of alkyl halides is 2. The van der Waals surface area contributed by atoms with Crippen LogP contribution in [0.1, 0.15) is 6.23 Å². The molecule has 31 heavy (non-hydrogen) atoms. The highest BCUT2D eigenvalue weighted by Gasteiger charge is 2.60. The summed E-state index contributed by atoms with van der Waals surface area (Å²) in [4.78, 5) is 42.6. The number of aliphatic hydroxyl groups excluding tert-OH is 1. The fraction of sp³-hybridized carbons (Fsp3) is 0.600. The van der Waals surface area contributed by atoms with Gasteiger partial charge >= 0.3 is 35.1 Å². The van der Waals surface area contributed by atoms with Gasteiger partial charge in [-0.2, -0.15) is 22.4 Å². The lowest BCUT2D eigenvalue weighted by molar-refractivity contribution is -0.140. The minimum atomic E-state index is -5.72. The second kappa shape index (κ2) is 9.02. The van der Waals surface area contributed by atoms with E-state index in [1.165, 1.54) is 0 Å². The Labute approximate surface area is 170 Å². The van der Waals surface area contributed by atoms with Crippen molar-refractivity contribution in [3.8, 4) is 0 Å². The van der Waals surface area contributed by atoms with E-state index >= 15 is 0 Å². The Morgan fingerprint density at radius 1 is 1.23 bits per heavy atom. The number of phosphoric acid groups is 3. The summed E-state index contributed by atoms with van der Waals surface area (Å²) in [5, 5.41) is 9.77. The number of hydrogen-bond acceptors (Lipinski definition) is 12. The number of phosphoric ester groups is 2. The van der Waals surface area contributed by atoms with Gasteiger partial charge in [-0.05, 0) is 6.07 Å². The molecule has 1 aromatic rings. The Kier molecular flexibility index (Phi) is 7.60. The van der Waals surface area contributed by atoms with Crippen LogP contribution in [-0.2, 0) is 36.1 Å². The topological polar surface area (TPSA) is 239 Å². The third-order valence-corrected chi connectivity index (χ3v) is 7.77. The predicted octanol–water partition coefficient (Wildman–Crippen LogP) is -0.284. The highest BCUT2D eigenvalue weighted by molar-refractivity contribution is 7.66. The van der Waals surface area contributed by atoms with Crippen LogP contribution in [0.15, 0.2) is 17.1 Å². The largest absolute Gasteiger partial charge is 0.490 e. The number of rotatable bonds is 9. The predicted molar refractivity (Wildman–Crippen MR) is 92.4 cm³/mol. The quantitative estimate of drug-likeness (QED) is 0.265. The van der Waals surface area contributed by atoms with Crippen molar-refractivity contribution in [3.63, 3.8) is 0 Å². The van der Waals surface area contributed by atoms with Gasteiger partial charge in [-0.15, -0.1) is 0 Å². The number of nitrogens with zero attached hydrogens (tertiary/aromatic N) is 2. The molecule has 6 atom stereocenters. The molecule has 0 aromatic carbocycles. The summed E-state index contributed by atoms with van der Waals surface area (Å²) >= 11 is 0. The maximum absolute atomic E-state index is 14.3. The first-order chi connectivity index (χ1) is 14.0. The summed E-state index contributed by atoms with van der Waals surface area (Å²) in [6, 6.07) is 0.992. The van der Waals surface area contributed by atoms with Gasteiger partial charge in [-0.1, -0.05) is 0 Å². The van der Waals surface area contributed by atoms with E-state index in [2.05, 4.69) is 22.7 Å². The highest BCUT2D eigenvalue weighted by atomic mass is 31.3. The van der Waals surface area contributed by atoms with Crippen LogP contribution in [0.25, 0.3) is 0 Å². The molecule has 178 valence electrons. The third kappa shape index (κ3) is 6.44. The highest BCUT2D eigenvalue weighted by Crippen LogP contribution is 2.67. The molecule has 1 saturated heterocycles. The number of ether oxygens (including phenoxy) is 1. The Morgan fingerprint density at radius 3 is 2.35 bits per heavy atom. The maximum Gasteiger partial charge on any atom is 0.490 e. The molecule has 6 N–H and O–H groups in total. The Hall–Kier alpha value is -1.13. The molecule has 0 spiro atoms. The first kappa shape index (κ1) is 26.1. The standard InChI is InChI=1S/C10H16F2N3O13P3/c1-24-29(18,19)27-31(22,23)28-30(20,21)25-4-5-7(16)10(11,12)8(26-5)15-3-2-6(13)14-9(15)17/h2-3,5,7-8,16H,4H2,1H3,(H,18,19)(H,20,21)(H,22,23)(H2,13,14,17)/t5-,7-,8-/m1/s1. The van der Waals surface area contributed by atoms with Gasteiger partial charge in [0, 0.05) is 13.3 Å². The zero-order chi connectivity index (χ0) is 23.8. The molecule has 0 saturated carbocycles. The van der Waals surface area contributed by atoms with E-state index in [1.54, 1.807) is 0 Å². The van der Waals surface area contributed by atoms with Crippen molar-refractivity contribution in [1.82, 2.24) is 9.55 Å². The summed E-state index contributed by atoms with van der Waals surface area (Å²) in [5.41, 5.74) is 4.00. The normalized spacial score (nSPS) is 29.1. The maximum atomic E-state index is 14.3. The monoisotopic (exact) mass is 517 g/mol. The lowest BCUT2D eigenvalue weighted by atomic mass is 10.1. The molecule has 0 radical (unpaired) electrons. The van der Waals surface area contributed by atoms with Crippen LogP contribution >= 0.6 is 23.5 Å². The molecule has 2 heterocycles. The molecule has 1 fully saturated rings. The van der Waals surface area contributed by atoms with Gasteiger partial charge in [0.25, 0.3) is 0 Å². The van der Waals surface area contributed by atoms with Crippen molar-refractivity contribution in [3.05, 3.63) is 22.7 Å². The van der Waals surface area contributed by atoms with Gasteiger partial charge in [0.15, 0.2) is 6.10 Å². The Bertz CT molecular complexity index is 1020. The SMILES string of the molecule is COP(=O)(O)OP(=O)(O)OP(=O)(O)OC[C@H]1O[C@@H](n2ccc(N)nc2=O)C(F)(F)[C@@H]1O. The van der Waals surface area contributed by atoms with E-state index in [9.17, 15) is 42.2 Å². The van der Waals surface area contributed by atoms with Gasteiger partial charge in [0.1, 0.15) is 11.9 Å². The molecular formula is C10H16F2N3O13P3. The van der Waals surface area contributed by atoms with E-state index in [4.69, 9.17) is 15.4 Å². The molecule has 3 unspecified atom stereocenters. The molecular weight excluding hydrogens is 501 g/mol. The second-order valence-corrected chi connectivity index (χ2v) is 10.5. The molecule has 0 bridgehead atoms. The van der Waals surface area contributed by atoms with Crippen LogP contribution in [-0.4, -0.2) is 61.2 Å². The molecule has 0 aliphatic carbocycles. The van der Waals surface area contributed by atoms with E-state index < -0.39 is 60.1 Å². The molecule has 16 nitrogen and oxygen atoms in total. The Morgan fingerprint density at radius 2 is 1.81 bits per heavy atom. The van der Waals surface area contributed by atoms with Crippen molar-refractivity contribution in [2.45, 2.75) is 24.4 Å². The fourth-order valence-corrected chi connectivity index (χ4v) is 5.48. The van der Waals surface area contributed by atoms with Gasteiger partial charge in [0.2, 0.25) is 6.23 Å². The van der Waals surface area contributed by atoms with Crippen LogP contribution < -0.4 is 11.4 Å². The van der Waals surface area contributed by atoms with Crippen LogP contribution in [0.2, 0.25) is 0 Å². The first-order valence-electron chi connectivity index (χ1n) is 7.67. The average Bonchev–Trinajstić information content (AvgIpc) is 2.81. The second-order valence-electron chi connectivity index (χ2n) is 5.74. The van der Waals surface area contributed by atoms with Crippen molar-refractivity contribution < 1.29 is 64.7 Å². The van der Waals surface area contributed by atoms with Gasteiger partial charge in [-0.3, -0.25) is 13.6 Å². The molecule has 1 aliphatic rings. The molecule has 2 rings (SSSR count). The number of nitrogen functional groups attached to an aromatic ring is 1. The van der Waals surface area contributed by atoms with Crippen molar-refractivity contribution in [2.24, 2.45) is 0 Å². The number of aromatic nitrogens is 2. The zero-order valence-corrected chi connectivity index (χ0v) is 17.8. The molecule has 21 heteroatoms. The summed E-state index contributed by atoms with van der Waals surface area (Å²) in [5.74, 6) is -4.40. The van der Waals surface area contributed by atoms with Crippen molar-refractivity contribution in [1.29, 1.82) is 0 Å². The van der Waals surface area contributed by atoms with E-state index in [-0.39, 0.29) is 5.82 Å². The van der Waals surface area contributed by atoms with E-state index in [0.29, 0.717) is 11.7 Å².